The van der Waals surface area contributed by atoms with Gasteiger partial charge in [-0.1, -0.05) is 20.8 Å². The van der Waals surface area contributed by atoms with Crippen molar-refractivity contribution in [3.05, 3.63) is 0 Å². The number of rotatable bonds is 4. The standard InChI is InChI=1S/C14H29NO/c1-11(10-16)15-9-12-5-7-13(8-6-12)14(2,3)4/h11-13,15-16H,5-10H2,1-4H3. The highest BCUT2D eigenvalue weighted by Gasteiger charge is 2.29. The fraction of sp³-hybridized carbons (Fsp3) is 1.00. The molecule has 0 heterocycles. The van der Waals surface area contributed by atoms with E-state index in [2.05, 4.69) is 26.1 Å². The molecule has 1 unspecified atom stereocenters. The third-order valence-electron chi connectivity index (χ3n) is 4.10. The van der Waals surface area contributed by atoms with Crippen LogP contribution in [0.2, 0.25) is 0 Å². The van der Waals surface area contributed by atoms with Crippen LogP contribution >= 0.6 is 0 Å². The van der Waals surface area contributed by atoms with E-state index >= 15 is 0 Å². The Balaban J connectivity index is 2.22. The van der Waals surface area contributed by atoms with Crippen LogP contribution in [0.4, 0.5) is 0 Å². The minimum absolute atomic E-state index is 0.247. The van der Waals surface area contributed by atoms with Gasteiger partial charge in [-0.25, -0.2) is 0 Å². The SMILES string of the molecule is CC(CO)NCC1CCC(C(C)(C)C)CC1. The third kappa shape index (κ3) is 4.42. The lowest BCUT2D eigenvalue weighted by atomic mass is 9.70. The first kappa shape index (κ1) is 14.0. The normalized spacial score (nSPS) is 29.1. The van der Waals surface area contributed by atoms with Crippen LogP contribution in [0.15, 0.2) is 0 Å². The van der Waals surface area contributed by atoms with E-state index in [9.17, 15) is 0 Å². The maximum absolute atomic E-state index is 8.95. The van der Waals surface area contributed by atoms with Gasteiger partial charge in [-0.3, -0.25) is 0 Å². The van der Waals surface area contributed by atoms with E-state index in [1.165, 1.54) is 25.7 Å². The van der Waals surface area contributed by atoms with Gasteiger partial charge in [0.25, 0.3) is 0 Å². The largest absolute Gasteiger partial charge is 0.395 e. The summed E-state index contributed by atoms with van der Waals surface area (Å²) < 4.78 is 0. The Hall–Kier alpha value is -0.0800. The van der Waals surface area contributed by atoms with Crippen molar-refractivity contribution in [3.63, 3.8) is 0 Å². The first-order valence-corrected chi connectivity index (χ1v) is 6.77. The lowest BCUT2D eigenvalue weighted by Gasteiger charge is -2.37. The number of nitrogens with one attached hydrogen (secondary N) is 1. The molecule has 0 spiro atoms. The van der Waals surface area contributed by atoms with E-state index < -0.39 is 0 Å². The van der Waals surface area contributed by atoms with Crippen molar-refractivity contribution < 1.29 is 5.11 Å². The molecule has 1 rings (SSSR count). The second-order valence-corrected chi connectivity index (χ2v) is 6.58. The molecule has 0 radical (unpaired) electrons. The fourth-order valence-corrected chi connectivity index (χ4v) is 2.66. The number of hydrogen-bond donors (Lipinski definition) is 2. The molecule has 96 valence electrons. The molecule has 1 saturated carbocycles. The number of hydrogen-bond acceptors (Lipinski definition) is 2. The second kappa shape index (κ2) is 6.02. The van der Waals surface area contributed by atoms with Crippen molar-refractivity contribution in [2.75, 3.05) is 13.2 Å². The summed E-state index contributed by atoms with van der Waals surface area (Å²) in [7, 11) is 0. The molecule has 1 aliphatic rings. The summed E-state index contributed by atoms with van der Waals surface area (Å²) in [6, 6.07) is 0.250. The van der Waals surface area contributed by atoms with E-state index in [1.807, 2.05) is 6.92 Å². The van der Waals surface area contributed by atoms with Crippen molar-refractivity contribution >= 4 is 0 Å². The monoisotopic (exact) mass is 227 g/mol. The molecule has 0 saturated heterocycles. The van der Waals surface area contributed by atoms with Crippen LogP contribution in [0, 0.1) is 17.3 Å². The van der Waals surface area contributed by atoms with Crippen LogP contribution in [0.25, 0.3) is 0 Å². The third-order valence-corrected chi connectivity index (χ3v) is 4.10. The first-order valence-electron chi connectivity index (χ1n) is 6.77. The summed E-state index contributed by atoms with van der Waals surface area (Å²) in [5, 5.41) is 12.4. The van der Waals surface area contributed by atoms with Gasteiger partial charge in [0.1, 0.15) is 0 Å². The van der Waals surface area contributed by atoms with E-state index in [1.54, 1.807) is 0 Å². The van der Waals surface area contributed by atoms with Crippen molar-refractivity contribution in [2.24, 2.45) is 17.3 Å². The molecule has 0 aromatic carbocycles. The summed E-state index contributed by atoms with van der Waals surface area (Å²) in [6.45, 7) is 10.5. The van der Waals surface area contributed by atoms with E-state index in [0.29, 0.717) is 5.41 Å². The van der Waals surface area contributed by atoms with Gasteiger partial charge in [-0.05, 0) is 56.4 Å². The highest BCUT2D eigenvalue weighted by atomic mass is 16.3. The highest BCUT2D eigenvalue weighted by Crippen LogP contribution is 2.39. The van der Waals surface area contributed by atoms with E-state index in [-0.39, 0.29) is 12.6 Å². The Morgan fingerprint density at radius 1 is 1.19 bits per heavy atom. The summed E-state index contributed by atoms with van der Waals surface area (Å²) in [5.41, 5.74) is 0.483. The van der Waals surface area contributed by atoms with Crippen molar-refractivity contribution in [3.8, 4) is 0 Å². The topological polar surface area (TPSA) is 32.3 Å². The van der Waals surface area contributed by atoms with E-state index in [0.717, 1.165) is 18.4 Å². The highest BCUT2D eigenvalue weighted by molar-refractivity contribution is 4.81. The zero-order valence-corrected chi connectivity index (χ0v) is 11.4. The Labute approximate surface area is 101 Å². The molecule has 0 aromatic heterocycles. The summed E-state index contributed by atoms with van der Waals surface area (Å²) >= 11 is 0. The van der Waals surface area contributed by atoms with Gasteiger partial charge in [0.2, 0.25) is 0 Å². The first-order chi connectivity index (χ1) is 7.43. The summed E-state index contributed by atoms with van der Waals surface area (Å²) in [6.07, 6.45) is 5.47. The van der Waals surface area contributed by atoms with Crippen LogP contribution in [0.5, 0.6) is 0 Å². The number of aliphatic hydroxyl groups excluding tert-OH is 1. The average Bonchev–Trinajstić information content (AvgIpc) is 2.25. The van der Waals surface area contributed by atoms with Crippen LogP contribution < -0.4 is 5.32 Å². The lowest BCUT2D eigenvalue weighted by molar-refractivity contribution is 0.145. The molecular formula is C14H29NO. The molecule has 0 aliphatic heterocycles. The Bertz CT molecular complexity index is 189. The quantitative estimate of drug-likeness (QED) is 0.774. The van der Waals surface area contributed by atoms with E-state index in [4.69, 9.17) is 5.11 Å². The van der Waals surface area contributed by atoms with Gasteiger partial charge in [0, 0.05) is 6.04 Å². The molecule has 2 nitrogen and oxygen atoms in total. The Kier molecular flexibility index (Phi) is 5.26. The van der Waals surface area contributed by atoms with Crippen molar-refractivity contribution in [1.82, 2.24) is 5.32 Å². The van der Waals surface area contributed by atoms with Gasteiger partial charge < -0.3 is 10.4 Å². The van der Waals surface area contributed by atoms with Crippen molar-refractivity contribution in [1.29, 1.82) is 0 Å². The second-order valence-electron chi connectivity index (χ2n) is 6.58. The zero-order valence-electron chi connectivity index (χ0n) is 11.4. The molecule has 2 N–H and O–H groups in total. The smallest absolute Gasteiger partial charge is 0.0581 e. The minimum Gasteiger partial charge on any atom is -0.395 e. The Morgan fingerprint density at radius 3 is 2.19 bits per heavy atom. The zero-order chi connectivity index (χ0) is 12.2. The molecule has 0 amide bonds. The Morgan fingerprint density at radius 2 is 1.75 bits per heavy atom. The van der Waals surface area contributed by atoms with Gasteiger partial charge in [-0.2, -0.15) is 0 Å². The van der Waals surface area contributed by atoms with Gasteiger partial charge in [0.05, 0.1) is 6.61 Å². The summed E-state index contributed by atoms with van der Waals surface area (Å²) in [5.74, 6) is 1.73. The maximum Gasteiger partial charge on any atom is 0.0581 e. The molecule has 1 atom stereocenters. The predicted octanol–water partition coefficient (Wildman–Crippen LogP) is 2.81. The molecule has 1 aliphatic carbocycles. The van der Waals surface area contributed by atoms with Crippen LogP contribution in [0.3, 0.4) is 0 Å². The van der Waals surface area contributed by atoms with Gasteiger partial charge in [0.15, 0.2) is 0 Å². The van der Waals surface area contributed by atoms with Crippen molar-refractivity contribution in [2.45, 2.75) is 59.4 Å². The summed E-state index contributed by atoms with van der Waals surface area (Å²) in [4.78, 5) is 0. The van der Waals surface area contributed by atoms with Crippen LogP contribution in [-0.4, -0.2) is 24.3 Å². The maximum atomic E-state index is 8.95. The number of aliphatic hydroxyl groups is 1. The van der Waals surface area contributed by atoms with Crippen LogP contribution in [-0.2, 0) is 0 Å². The molecule has 1 fully saturated rings. The van der Waals surface area contributed by atoms with Gasteiger partial charge in [-0.15, -0.1) is 0 Å². The lowest BCUT2D eigenvalue weighted by Crippen LogP contribution is -2.36. The minimum atomic E-state index is 0.247. The molecular weight excluding hydrogens is 198 g/mol. The van der Waals surface area contributed by atoms with Gasteiger partial charge >= 0.3 is 0 Å². The molecule has 0 bridgehead atoms. The molecule has 0 aromatic rings. The average molecular weight is 227 g/mol. The predicted molar refractivity (Wildman–Crippen MR) is 69.5 cm³/mol. The molecule has 16 heavy (non-hydrogen) atoms. The van der Waals surface area contributed by atoms with Crippen LogP contribution in [0.1, 0.15) is 53.4 Å². The molecule has 2 heteroatoms. The fourth-order valence-electron chi connectivity index (χ4n) is 2.66.